The summed E-state index contributed by atoms with van der Waals surface area (Å²) in [5, 5.41) is 0. The van der Waals surface area contributed by atoms with Crippen molar-refractivity contribution in [2.75, 3.05) is 0 Å². The largest absolute Gasteiger partial charge is 1.00 e. The molecule has 7 heteroatoms. The summed E-state index contributed by atoms with van der Waals surface area (Å²) in [4.78, 5) is 11.1. The molecule has 1 unspecified atom stereocenters. The molecule has 0 aliphatic heterocycles. The summed E-state index contributed by atoms with van der Waals surface area (Å²) in [5.41, 5.74) is 1.12. The van der Waals surface area contributed by atoms with Gasteiger partial charge in [-0.15, -0.1) is 0 Å². The van der Waals surface area contributed by atoms with Gasteiger partial charge in [-0.3, -0.25) is 0 Å². The number of aryl methyl sites for hydroxylation is 1. The fraction of sp³-hybridized carbons (Fsp3) is 0.125. The maximum absolute atomic E-state index is 11.1. The van der Waals surface area contributed by atoms with Crippen LogP contribution in [0.2, 0.25) is 0 Å². The Bertz CT molecular complexity index is 438. The Morgan fingerprint density at radius 1 is 1.40 bits per heavy atom. The van der Waals surface area contributed by atoms with Crippen molar-refractivity contribution in [3.63, 3.8) is 0 Å². The molecular weight excluding hydrogens is 247 g/mol. The first-order valence-corrected chi connectivity index (χ1v) is 5.98. The smallest absolute Gasteiger partial charge is 0.739 e. The third-order valence-corrected chi connectivity index (χ3v) is 2.02. The fourth-order valence-electron chi connectivity index (χ4n) is 0.830. The molecule has 0 radical (unpaired) electrons. The number of hydrogen-bond acceptors (Lipinski definition) is 5. The van der Waals surface area contributed by atoms with Crippen molar-refractivity contribution in [3.05, 3.63) is 35.4 Å². The standard InChI is InChI=1S/C8H8O4S2.Na/c1-6-2-4-7(5-3-6)8(9)12-14(10,11)13;/h2-5H,1H3,(H,10,11,13);/q;+1/p-1. The molecule has 0 amide bonds. The Kier molecular flexibility index (Phi) is 5.94. The van der Waals surface area contributed by atoms with Crippen LogP contribution in [-0.2, 0) is 24.4 Å². The molecule has 0 bridgehead atoms. The first kappa shape index (κ1) is 15.0. The molecule has 15 heavy (non-hydrogen) atoms. The molecule has 0 aliphatic rings. The maximum Gasteiger partial charge on any atom is 1.00 e. The van der Waals surface area contributed by atoms with E-state index in [2.05, 4.69) is 15.4 Å². The van der Waals surface area contributed by atoms with E-state index in [0.29, 0.717) is 0 Å². The third kappa shape index (κ3) is 5.60. The number of carbonyl (C=O) groups excluding carboxylic acids is 1. The number of carbonyl (C=O) groups is 1. The summed E-state index contributed by atoms with van der Waals surface area (Å²) in [7, 11) is -4.15. The predicted octanol–water partition coefficient (Wildman–Crippen LogP) is -2.05. The van der Waals surface area contributed by atoms with Crippen molar-refractivity contribution < 1.29 is 47.3 Å². The van der Waals surface area contributed by atoms with Gasteiger partial charge in [-0.2, -0.15) is 0 Å². The van der Waals surface area contributed by atoms with Crippen LogP contribution in [0.1, 0.15) is 15.9 Å². The van der Waals surface area contributed by atoms with E-state index < -0.39 is 15.0 Å². The van der Waals surface area contributed by atoms with E-state index in [-0.39, 0.29) is 35.1 Å². The summed E-state index contributed by atoms with van der Waals surface area (Å²) < 4.78 is 24.9. The molecule has 1 aromatic rings. The van der Waals surface area contributed by atoms with E-state index in [0.717, 1.165) is 5.56 Å². The predicted molar refractivity (Wildman–Crippen MR) is 52.9 cm³/mol. The van der Waals surface area contributed by atoms with Gasteiger partial charge in [0.15, 0.2) is 0 Å². The summed E-state index contributed by atoms with van der Waals surface area (Å²) in [6.45, 7) is 1.85. The first-order chi connectivity index (χ1) is 6.38. The van der Waals surface area contributed by atoms with E-state index in [1.54, 1.807) is 12.1 Å². The number of hydrogen-bond donors (Lipinski definition) is 0. The minimum absolute atomic E-state index is 0. The van der Waals surface area contributed by atoms with Crippen LogP contribution in [0.5, 0.6) is 0 Å². The molecule has 0 fully saturated rings. The van der Waals surface area contributed by atoms with Gasteiger partial charge in [-0.25, -0.2) is 9.00 Å². The molecule has 76 valence electrons. The summed E-state index contributed by atoms with van der Waals surface area (Å²) in [5.74, 6) is -0.958. The first-order valence-electron chi connectivity index (χ1n) is 3.65. The SMILES string of the molecule is Cc1ccc(C(=O)OS(=O)([O-])=S)cc1.[Na+]. The Morgan fingerprint density at radius 2 is 1.87 bits per heavy atom. The van der Waals surface area contributed by atoms with Gasteiger partial charge in [0.1, 0.15) is 9.05 Å². The Labute approximate surface area is 115 Å². The Morgan fingerprint density at radius 3 is 2.27 bits per heavy atom. The molecule has 0 N–H and O–H groups in total. The van der Waals surface area contributed by atoms with Crippen LogP contribution in [0.4, 0.5) is 0 Å². The van der Waals surface area contributed by atoms with E-state index in [4.69, 9.17) is 0 Å². The second-order valence-corrected chi connectivity index (χ2v) is 4.85. The van der Waals surface area contributed by atoms with Crippen LogP contribution in [0.15, 0.2) is 24.3 Å². The van der Waals surface area contributed by atoms with Gasteiger partial charge >= 0.3 is 35.5 Å². The van der Waals surface area contributed by atoms with Crippen LogP contribution >= 0.6 is 0 Å². The zero-order chi connectivity index (χ0) is 10.8. The summed E-state index contributed by atoms with van der Waals surface area (Å²) in [6.07, 6.45) is 0. The fourth-order valence-corrected chi connectivity index (χ4v) is 1.30. The van der Waals surface area contributed by atoms with Crippen molar-refractivity contribution in [2.24, 2.45) is 0 Å². The van der Waals surface area contributed by atoms with E-state index in [1.165, 1.54) is 12.1 Å². The van der Waals surface area contributed by atoms with E-state index in [9.17, 15) is 13.6 Å². The average Bonchev–Trinajstić information content (AvgIpc) is 2.02. The molecule has 0 saturated carbocycles. The minimum Gasteiger partial charge on any atom is -0.739 e. The van der Waals surface area contributed by atoms with Gasteiger partial charge in [0.25, 0.3) is 0 Å². The molecule has 0 heterocycles. The molecule has 1 rings (SSSR count). The van der Waals surface area contributed by atoms with Crippen LogP contribution in [-0.4, -0.2) is 14.7 Å². The summed E-state index contributed by atoms with van der Waals surface area (Å²) in [6, 6.07) is 6.29. The van der Waals surface area contributed by atoms with Crippen molar-refractivity contribution in [2.45, 2.75) is 6.92 Å². The molecule has 1 aromatic carbocycles. The van der Waals surface area contributed by atoms with Crippen molar-refractivity contribution in [3.8, 4) is 0 Å². The average molecular weight is 254 g/mol. The Balaban J connectivity index is 0.00000196. The minimum atomic E-state index is -4.15. The zero-order valence-electron chi connectivity index (χ0n) is 8.26. The number of benzene rings is 1. The van der Waals surface area contributed by atoms with E-state index >= 15 is 0 Å². The molecule has 0 aliphatic carbocycles. The molecule has 0 spiro atoms. The second kappa shape index (κ2) is 5.93. The van der Waals surface area contributed by atoms with Gasteiger partial charge in [-0.05, 0) is 19.1 Å². The van der Waals surface area contributed by atoms with Crippen LogP contribution in [0, 0.1) is 6.92 Å². The van der Waals surface area contributed by atoms with Crippen molar-refractivity contribution in [1.29, 1.82) is 0 Å². The monoisotopic (exact) mass is 254 g/mol. The quantitative estimate of drug-likeness (QED) is 0.568. The zero-order valence-corrected chi connectivity index (χ0v) is 11.9. The van der Waals surface area contributed by atoms with Crippen molar-refractivity contribution >= 4 is 26.2 Å². The molecule has 4 nitrogen and oxygen atoms in total. The van der Waals surface area contributed by atoms with Gasteiger partial charge in [0.05, 0.1) is 5.56 Å². The van der Waals surface area contributed by atoms with Gasteiger partial charge < -0.3 is 8.74 Å². The van der Waals surface area contributed by atoms with E-state index in [1.807, 2.05) is 6.92 Å². The molecule has 0 aromatic heterocycles. The van der Waals surface area contributed by atoms with Crippen LogP contribution in [0.25, 0.3) is 0 Å². The van der Waals surface area contributed by atoms with Gasteiger partial charge in [-0.1, -0.05) is 17.7 Å². The second-order valence-electron chi connectivity index (χ2n) is 2.65. The van der Waals surface area contributed by atoms with Crippen LogP contribution < -0.4 is 29.6 Å². The molecule has 0 saturated heterocycles. The van der Waals surface area contributed by atoms with Gasteiger partial charge in [0, 0.05) is 11.2 Å². The van der Waals surface area contributed by atoms with Crippen molar-refractivity contribution in [1.82, 2.24) is 0 Å². The summed E-state index contributed by atoms with van der Waals surface area (Å²) >= 11 is 3.92. The van der Waals surface area contributed by atoms with Gasteiger partial charge in [0.2, 0.25) is 0 Å². The Hall–Kier alpha value is 0.0200. The maximum atomic E-state index is 11.1. The number of rotatable bonds is 2. The normalized spacial score (nSPS) is 13.5. The topological polar surface area (TPSA) is 66.4 Å². The third-order valence-electron chi connectivity index (χ3n) is 1.47. The van der Waals surface area contributed by atoms with Crippen LogP contribution in [0.3, 0.4) is 0 Å². The molecular formula is C8H7NaO4S2. The molecule has 1 atom stereocenters.